The van der Waals surface area contributed by atoms with E-state index in [1.165, 1.54) is 24.3 Å². The second-order valence-corrected chi connectivity index (χ2v) is 3.66. The van der Waals surface area contributed by atoms with E-state index in [0.717, 1.165) is 5.56 Å². The Balaban J connectivity index is 2.11. The van der Waals surface area contributed by atoms with E-state index in [4.69, 9.17) is 0 Å². The summed E-state index contributed by atoms with van der Waals surface area (Å²) in [6.45, 7) is 3.74. The summed E-state index contributed by atoms with van der Waals surface area (Å²) in [4.78, 5) is 11.8. The molecule has 3 heteroatoms. The molecule has 0 heterocycles. The SMILES string of the molecule is [CH2]c1ccc(C(=O)Nc2ccc(F)cc2)cc1. The lowest BCUT2D eigenvalue weighted by molar-refractivity contribution is 0.102. The molecule has 0 spiro atoms. The normalized spacial score (nSPS) is 10.0. The summed E-state index contributed by atoms with van der Waals surface area (Å²) in [5.74, 6) is -0.555. The van der Waals surface area contributed by atoms with E-state index in [9.17, 15) is 9.18 Å². The fraction of sp³-hybridized carbons (Fsp3) is 0. The summed E-state index contributed by atoms with van der Waals surface area (Å²) in [7, 11) is 0. The van der Waals surface area contributed by atoms with Gasteiger partial charge in [-0.15, -0.1) is 0 Å². The van der Waals surface area contributed by atoms with Gasteiger partial charge in [-0.25, -0.2) is 4.39 Å². The minimum Gasteiger partial charge on any atom is -0.322 e. The maximum absolute atomic E-state index is 12.7. The van der Waals surface area contributed by atoms with Gasteiger partial charge in [0.2, 0.25) is 0 Å². The van der Waals surface area contributed by atoms with E-state index in [2.05, 4.69) is 12.2 Å². The van der Waals surface area contributed by atoms with Crippen molar-refractivity contribution >= 4 is 11.6 Å². The highest BCUT2D eigenvalue weighted by Gasteiger charge is 2.05. The average molecular weight is 228 g/mol. The molecule has 1 radical (unpaired) electrons. The Hall–Kier alpha value is -2.16. The molecule has 0 aliphatic rings. The van der Waals surface area contributed by atoms with Crippen molar-refractivity contribution in [2.24, 2.45) is 0 Å². The minimum atomic E-state index is -0.329. The summed E-state index contributed by atoms with van der Waals surface area (Å²) < 4.78 is 12.7. The van der Waals surface area contributed by atoms with Crippen molar-refractivity contribution in [3.8, 4) is 0 Å². The molecule has 0 aliphatic heterocycles. The fourth-order valence-electron chi connectivity index (χ4n) is 1.39. The second kappa shape index (κ2) is 4.78. The fourth-order valence-corrected chi connectivity index (χ4v) is 1.39. The van der Waals surface area contributed by atoms with Crippen molar-refractivity contribution in [2.45, 2.75) is 0 Å². The van der Waals surface area contributed by atoms with Gasteiger partial charge in [-0.2, -0.15) is 0 Å². The monoisotopic (exact) mass is 228 g/mol. The zero-order valence-corrected chi connectivity index (χ0v) is 9.11. The van der Waals surface area contributed by atoms with Crippen molar-refractivity contribution in [3.63, 3.8) is 0 Å². The molecule has 0 fully saturated rings. The third-order valence-corrected chi connectivity index (χ3v) is 2.32. The van der Waals surface area contributed by atoms with Crippen molar-refractivity contribution in [1.29, 1.82) is 0 Å². The van der Waals surface area contributed by atoms with E-state index < -0.39 is 0 Å². The van der Waals surface area contributed by atoms with Gasteiger partial charge in [-0.3, -0.25) is 4.79 Å². The average Bonchev–Trinajstić information content (AvgIpc) is 2.33. The van der Waals surface area contributed by atoms with Gasteiger partial charge in [-0.1, -0.05) is 12.1 Å². The van der Waals surface area contributed by atoms with E-state index in [1.807, 2.05) is 0 Å². The standard InChI is InChI=1S/C14H11FNO/c1-10-2-4-11(5-3-10)14(17)16-13-8-6-12(15)7-9-13/h2-9H,1H2,(H,16,17). The molecule has 0 saturated heterocycles. The molecule has 0 aromatic heterocycles. The van der Waals surface area contributed by atoms with Gasteiger partial charge in [-0.05, 0) is 48.9 Å². The van der Waals surface area contributed by atoms with Crippen LogP contribution in [0.4, 0.5) is 10.1 Å². The van der Waals surface area contributed by atoms with E-state index in [0.29, 0.717) is 11.3 Å². The highest BCUT2D eigenvalue weighted by atomic mass is 19.1. The first-order valence-electron chi connectivity index (χ1n) is 5.14. The molecule has 0 bridgehead atoms. The number of nitrogens with one attached hydrogen (secondary N) is 1. The van der Waals surface area contributed by atoms with Gasteiger partial charge < -0.3 is 5.32 Å². The molecule has 17 heavy (non-hydrogen) atoms. The molecule has 0 aliphatic carbocycles. The molecule has 1 amide bonds. The number of carbonyl (C=O) groups is 1. The number of hydrogen-bond donors (Lipinski definition) is 1. The van der Waals surface area contributed by atoms with Gasteiger partial charge in [0.1, 0.15) is 5.82 Å². The Bertz CT molecular complexity index is 517. The number of amides is 1. The lowest BCUT2D eigenvalue weighted by Crippen LogP contribution is -2.11. The van der Waals surface area contributed by atoms with Crippen LogP contribution < -0.4 is 5.32 Å². The molecule has 0 unspecified atom stereocenters. The molecule has 2 aromatic rings. The first-order valence-corrected chi connectivity index (χ1v) is 5.14. The molecule has 1 N–H and O–H groups in total. The first-order chi connectivity index (χ1) is 8.15. The Kier molecular flexibility index (Phi) is 3.19. The summed E-state index contributed by atoms with van der Waals surface area (Å²) in [6, 6.07) is 12.6. The number of benzene rings is 2. The number of halogens is 1. The summed E-state index contributed by atoms with van der Waals surface area (Å²) >= 11 is 0. The van der Waals surface area contributed by atoms with Crippen LogP contribution in [0.5, 0.6) is 0 Å². The number of hydrogen-bond acceptors (Lipinski definition) is 1. The number of anilines is 1. The van der Waals surface area contributed by atoms with Crippen molar-refractivity contribution in [2.75, 3.05) is 5.32 Å². The smallest absolute Gasteiger partial charge is 0.255 e. The molecule has 2 nitrogen and oxygen atoms in total. The molecule has 2 rings (SSSR count). The minimum absolute atomic E-state index is 0.225. The largest absolute Gasteiger partial charge is 0.322 e. The van der Waals surface area contributed by atoms with Crippen molar-refractivity contribution in [3.05, 3.63) is 72.4 Å². The summed E-state index contributed by atoms with van der Waals surface area (Å²) in [5.41, 5.74) is 1.96. The molecule has 0 atom stereocenters. The van der Waals surface area contributed by atoms with Gasteiger partial charge in [0.15, 0.2) is 0 Å². The van der Waals surface area contributed by atoms with Gasteiger partial charge in [0.05, 0.1) is 0 Å². The number of carbonyl (C=O) groups excluding carboxylic acids is 1. The lowest BCUT2D eigenvalue weighted by Gasteiger charge is -2.05. The van der Waals surface area contributed by atoms with Gasteiger partial charge in [0.25, 0.3) is 5.91 Å². The quantitative estimate of drug-likeness (QED) is 0.839. The lowest BCUT2D eigenvalue weighted by atomic mass is 10.1. The number of rotatable bonds is 2. The van der Waals surface area contributed by atoms with Crippen LogP contribution in [0.1, 0.15) is 15.9 Å². The maximum Gasteiger partial charge on any atom is 0.255 e. The predicted molar refractivity (Wildman–Crippen MR) is 65.3 cm³/mol. The summed E-state index contributed by atoms with van der Waals surface area (Å²) in [5, 5.41) is 2.68. The molecule has 85 valence electrons. The molecule has 2 aromatic carbocycles. The van der Waals surface area contributed by atoms with Crippen molar-refractivity contribution in [1.82, 2.24) is 0 Å². The Labute approximate surface area is 99.1 Å². The third-order valence-electron chi connectivity index (χ3n) is 2.32. The zero-order chi connectivity index (χ0) is 12.3. The van der Waals surface area contributed by atoms with Gasteiger partial charge >= 0.3 is 0 Å². The highest BCUT2D eigenvalue weighted by molar-refractivity contribution is 6.04. The van der Waals surface area contributed by atoms with Crippen molar-refractivity contribution < 1.29 is 9.18 Å². The summed E-state index contributed by atoms with van der Waals surface area (Å²) in [6.07, 6.45) is 0. The van der Waals surface area contributed by atoms with Crippen LogP contribution in [0.3, 0.4) is 0 Å². The Morgan fingerprint density at radius 1 is 1.00 bits per heavy atom. The highest BCUT2D eigenvalue weighted by Crippen LogP contribution is 2.11. The van der Waals surface area contributed by atoms with Gasteiger partial charge in [0, 0.05) is 11.3 Å². The first kappa shape index (κ1) is 11.3. The molecule has 0 saturated carbocycles. The Morgan fingerprint density at radius 2 is 1.59 bits per heavy atom. The predicted octanol–water partition coefficient (Wildman–Crippen LogP) is 3.26. The van der Waals surface area contributed by atoms with Crippen LogP contribution in [-0.4, -0.2) is 5.91 Å². The molecular weight excluding hydrogens is 217 g/mol. The van der Waals surface area contributed by atoms with E-state index >= 15 is 0 Å². The van der Waals surface area contributed by atoms with Crippen LogP contribution in [-0.2, 0) is 0 Å². The van der Waals surface area contributed by atoms with Crippen LogP contribution in [0, 0.1) is 12.7 Å². The second-order valence-electron chi connectivity index (χ2n) is 3.66. The van der Waals surface area contributed by atoms with Crippen LogP contribution >= 0.6 is 0 Å². The van der Waals surface area contributed by atoms with Crippen LogP contribution in [0.2, 0.25) is 0 Å². The topological polar surface area (TPSA) is 29.1 Å². The van der Waals surface area contributed by atoms with Crippen LogP contribution in [0.25, 0.3) is 0 Å². The zero-order valence-electron chi connectivity index (χ0n) is 9.11. The maximum atomic E-state index is 12.7. The third kappa shape index (κ3) is 2.91. The Morgan fingerprint density at radius 3 is 2.18 bits per heavy atom. The molecular formula is C14H11FNO. The van der Waals surface area contributed by atoms with E-state index in [-0.39, 0.29) is 11.7 Å². The van der Waals surface area contributed by atoms with Crippen LogP contribution in [0.15, 0.2) is 48.5 Å². The van der Waals surface area contributed by atoms with E-state index in [1.54, 1.807) is 24.3 Å².